The number of amides is 1. The van der Waals surface area contributed by atoms with E-state index in [4.69, 9.17) is 0 Å². The molecule has 0 fully saturated rings. The van der Waals surface area contributed by atoms with E-state index in [9.17, 15) is 9.59 Å². The van der Waals surface area contributed by atoms with Crippen molar-refractivity contribution < 1.29 is 9.59 Å². The van der Waals surface area contributed by atoms with Gasteiger partial charge < -0.3 is 10.1 Å². The van der Waals surface area contributed by atoms with Crippen LogP contribution in [0.5, 0.6) is 0 Å². The highest BCUT2D eigenvalue weighted by Crippen LogP contribution is 2.17. The summed E-state index contributed by atoms with van der Waals surface area (Å²) < 4.78 is 0. The molecule has 0 aromatic heterocycles. The maximum Gasteiger partial charge on any atom is 0.220 e. The van der Waals surface area contributed by atoms with Gasteiger partial charge in [0, 0.05) is 19.4 Å². The molecule has 0 aromatic carbocycles. The second-order valence-corrected chi connectivity index (χ2v) is 7.37. The first-order valence-corrected chi connectivity index (χ1v) is 8.57. The third-order valence-electron chi connectivity index (χ3n) is 3.47. The van der Waals surface area contributed by atoms with Crippen LogP contribution in [0.25, 0.3) is 0 Å². The van der Waals surface area contributed by atoms with Crippen molar-refractivity contribution in [3.8, 4) is 0 Å². The lowest BCUT2D eigenvalue weighted by Crippen LogP contribution is -2.28. The van der Waals surface area contributed by atoms with Gasteiger partial charge in [0.15, 0.2) is 0 Å². The highest BCUT2D eigenvalue weighted by molar-refractivity contribution is 5.76. The Morgan fingerprint density at radius 2 is 1.29 bits per heavy atom. The molecular formula is C18H35NO2. The van der Waals surface area contributed by atoms with E-state index in [2.05, 4.69) is 26.1 Å². The number of Topliss-reactive ketones (excluding diaryl/α,β-unsaturated/α-hetero) is 1. The Labute approximate surface area is 131 Å². The van der Waals surface area contributed by atoms with Gasteiger partial charge in [0.2, 0.25) is 5.91 Å². The van der Waals surface area contributed by atoms with Gasteiger partial charge in [0.1, 0.15) is 5.78 Å². The third-order valence-corrected chi connectivity index (χ3v) is 3.47. The molecule has 0 radical (unpaired) electrons. The Hall–Kier alpha value is -0.860. The largest absolute Gasteiger partial charge is 0.356 e. The molecule has 1 amide bonds. The van der Waals surface area contributed by atoms with Crippen molar-refractivity contribution in [3.05, 3.63) is 0 Å². The molecule has 0 saturated carbocycles. The molecule has 0 spiro atoms. The van der Waals surface area contributed by atoms with Crippen molar-refractivity contribution >= 4 is 11.7 Å². The second kappa shape index (κ2) is 11.8. The van der Waals surface area contributed by atoms with Gasteiger partial charge in [-0.05, 0) is 25.2 Å². The molecule has 3 nitrogen and oxygen atoms in total. The van der Waals surface area contributed by atoms with Crippen LogP contribution in [-0.2, 0) is 9.59 Å². The fraction of sp³-hybridized carbons (Fsp3) is 0.889. The monoisotopic (exact) mass is 297 g/mol. The van der Waals surface area contributed by atoms with Gasteiger partial charge in [-0.3, -0.25) is 4.79 Å². The van der Waals surface area contributed by atoms with Crippen molar-refractivity contribution in [1.82, 2.24) is 5.32 Å². The van der Waals surface area contributed by atoms with Gasteiger partial charge in [-0.1, -0.05) is 59.3 Å². The van der Waals surface area contributed by atoms with E-state index < -0.39 is 0 Å². The number of ketones is 1. The first-order chi connectivity index (χ1) is 9.81. The Morgan fingerprint density at radius 3 is 1.76 bits per heavy atom. The minimum Gasteiger partial charge on any atom is -0.356 e. The molecule has 0 unspecified atom stereocenters. The molecule has 0 aliphatic carbocycles. The number of hydrogen-bond donors (Lipinski definition) is 1. The highest BCUT2D eigenvalue weighted by atomic mass is 16.1. The SMILES string of the molecule is CC(=O)CCCCCCCCCCNC(=O)CC(C)(C)C. The summed E-state index contributed by atoms with van der Waals surface area (Å²) in [7, 11) is 0. The lowest BCUT2D eigenvalue weighted by atomic mass is 9.92. The fourth-order valence-corrected chi connectivity index (χ4v) is 2.33. The predicted octanol–water partition coefficient (Wildman–Crippen LogP) is 4.64. The van der Waals surface area contributed by atoms with E-state index >= 15 is 0 Å². The van der Waals surface area contributed by atoms with Crippen LogP contribution in [-0.4, -0.2) is 18.2 Å². The van der Waals surface area contributed by atoms with E-state index in [0.717, 1.165) is 25.8 Å². The molecular weight excluding hydrogens is 262 g/mol. The van der Waals surface area contributed by atoms with Crippen molar-refractivity contribution in [2.45, 2.75) is 91.9 Å². The van der Waals surface area contributed by atoms with Crippen LogP contribution in [0.4, 0.5) is 0 Å². The Balaban J connectivity index is 3.22. The van der Waals surface area contributed by atoms with E-state index in [1.165, 1.54) is 38.5 Å². The van der Waals surface area contributed by atoms with Crippen molar-refractivity contribution in [2.24, 2.45) is 5.41 Å². The van der Waals surface area contributed by atoms with Crippen molar-refractivity contribution in [2.75, 3.05) is 6.54 Å². The van der Waals surface area contributed by atoms with Crippen molar-refractivity contribution in [3.63, 3.8) is 0 Å². The maximum absolute atomic E-state index is 11.6. The summed E-state index contributed by atoms with van der Waals surface area (Å²) in [6.45, 7) is 8.74. The van der Waals surface area contributed by atoms with Gasteiger partial charge in [0.05, 0.1) is 0 Å². The highest BCUT2D eigenvalue weighted by Gasteiger charge is 2.14. The molecule has 3 heteroatoms. The Morgan fingerprint density at radius 1 is 0.810 bits per heavy atom. The van der Waals surface area contributed by atoms with Crippen LogP contribution in [0.3, 0.4) is 0 Å². The zero-order valence-corrected chi connectivity index (χ0v) is 14.6. The minimum atomic E-state index is 0.0759. The summed E-state index contributed by atoms with van der Waals surface area (Å²) in [4.78, 5) is 22.4. The van der Waals surface area contributed by atoms with Gasteiger partial charge >= 0.3 is 0 Å². The number of rotatable bonds is 12. The zero-order chi connectivity index (χ0) is 16.1. The molecule has 0 saturated heterocycles. The lowest BCUT2D eigenvalue weighted by Gasteiger charge is -2.17. The topological polar surface area (TPSA) is 46.2 Å². The standard InChI is InChI=1S/C18H35NO2/c1-16(20)13-11-9-7-5-6-8-10-12-14-19-17(21)15-18(2,3)4/h5-15H2,1-4H3,(H,19,21). The van der Waals surface area contributed by atoms with Crippen LogP contribution in [0.2, 0.25) is 0 Å². The average molecular weight is 297 g/mol. The summed E-state index contributed by atoms with van der Waals surface area (Å²) in [5, 5.41) is 3.00. The number of carbonyl (C=O) groups is 2. The van der Waals surface area contributed by atoms with Gasteiger partial charge in [-0.25, -0.2) is 0 Å². The van der Waals surface area contributed by atoms with E-state index in [0.29, 0.717) is 12.2 Å². The van der Waals surface area contributed by atoms with E-state index in [1.54, 1.807) is 6.92 Å². The van der Waals surface area contributed by atoms with Crippen LogP contribution in [0.15, 0.2) is 0 Å². The molecule has 0 atom stereocenters. The smallest absolute Gasteiger partial charge is 0.220 e. The van der Waals surface area contributed by atoms with Crippen LogP contribution in [0.1, 0.15) is 91.9 Å². The first kappa shape index (κ1) is 20.1. The fourth-order valence-electron chi connectivity index (χ4n) is 2.33. The Bertz CT molecular complexity index is 292. The summed E-state index contributed by atoms with van der Waals surface area (Å²) in [6, 6.07) is 0. The number of nitrogens with one attached hydrogen (secondary N) is 1. The number of hydrogen-bond acceptors (Lipinski definition) is 2. The minimum absolute atomic E-state index is 0.0759. The molecule has 124 valence electrons. The van der Waals surface area contributed by atoms with E-state index in [1.807, 2.05) is 0 Å². The van der Waals surface area contributed by atoms with Crippen LogP contribution >= 0.6 is 0 Å². The Kier molecular flexibility index (Phi) is 11.3. The normalized spacial score (nSPS) is 11.4. The molecule has 1 N–H and O–H groups in total. The quantitative estimate of drug-likeness (QED) is 0.533. The van der Waals surface area contributed by atoms with Crippen LogP contribution < -0.4 is 5.32 Å². The summed E-state index contributed by atoms with van der Waals surface area (Å²) in [6.07, 6.45) is 10.9. The summed E-state index contributed by atoms with van der Waals surface area (Å²) in [5.41, 5.74) is 0.0759. The second-order valence-electron chi connectivity index (χ2n) is 7.37. The number of unbranched alkanes of at least 4 members (excludes halogenated alkanes) is 7. The molecule has 0 aliphatic heterocycles. The summed E-state index contributed by atoms with van der Waals surface area (Å²) >= 11 is 0. The van der Waals surface area contributed by atoms with Crippen molar-refractivity contribution in [1.29, 1.82) is 0 Å². The predicted molar refractivity (Wildman–Crippen MR) is 89.3 cm³/mol. The molecule has 0 aromatic rings. The molecule has 21 heavy (non-hydrogen) atoms. The van der Waals surface area contributed by atoms with E-state index in [-0.39, 0.29) is 11.3 Å². The maximum atomic E-state index is 11.6. The van der Waals surface area contributed by atoms with Crippen LogP contribution in [0, 0.1) is 5.41 Å². The van der Waals surface area contributed by atoms with Gasteiger partial charge in [-0.2, -0.15) is 0 Å². The lowest BCUT2D eigenvalue weighted by molar-refractivity contribution is -0.122. The molecule has 0 aliphatic rings. The third kappa shape index (κ3) is 17.1. The zero-order valence-electron chi connectivity index (χ0n) is 14.6. The number of carbonyl (C=O) groups excluding carboxylic acids is 2. The summed E-state index contributed by atoms with van der Waals surface area (Å²) in [5.74, 6) is 0.483. The average Bonchev–Trinajstić information content (AvgIpc) is 2.33. The molecule has 0 heterocycles. The molecule has 0 rings (SSSR count). The first-order valence-electron chi connectivity index (χ1n) is 8.57. The van der Waals surface area contributed by atoms with Gasteiger partial charge in [0.25, 0.3) is 0 Å². The van der Waals surface area contributed by atoms with Gasteiger partial charge in [-0.15, -0.1) is 0 Å². The molecule has 0 bridgehead atoms.